The molecule has 2 unspecified atom stereocenters. The number of nitrogens with zero attached hydrogens (tertiary/aromatic N) is 1. The summed E-state index contributed by atoms with van der Waals surface area (Å²) in [6.07, 6.45) is 4.13. The Morgan fingerprint density at radius 2 is 2.05 bits per heavy atom. The van der Waals surface area contributed by atoms with Gasteiger partial charge in [0, 0.05) is 29.6 Å². The van der Waals surface area contributed by atoms with E-state index in [1.54, 1.807) is 11.8 Å². The van der Waals surface area contributed by atoms with Gasteiger partial charge < -0.3 is 10.6 Å². The van der Waals surface area contributed by atoms with Gasteiger partial charge in [-0.3, -0.25) is 4.79 Å². The number of nitrogens with two attached hydrogens (primary N) is 1. The third kappa shape index (κ3) is 3.90. The second-order valence-electron chi connectivity index (χ2n) is 5.25. The summed E-state index contributed by atoms with van der Waals surface area (Å²) in [5.41, 5.74) is 6.59. The van der Waals surface area contributed by atoms with E-state index < -0.39 is 0 Å². The van der Waals surface area contributed by atoms with Crippen LogP contribution in [0.4, 0.5) is 0 Å². The molecule has 1 aliphatic rings. The van der Waals surface area contributed by atoms with Crippen molar-refractivity contribution in [3.8, 4) is 0 Å². The van der Waals surface area contributed by atoms with Crippen LogP contribution in [0.3, 0.4) is 0 Å². The summed E-state index contributed by atoms with van der Waals surface area (Å²) in [6.45, 7) is 3.61. The lowest BCUT2D eigenvalue weighted by Crippen LogP contribution is -2.49. The first-order valence-corrected chi connectivity index (χ1v) is 8.03. The van der Waals surface area contributed by atoms with Crippen LogP contribution in [0.1, 0.15) is 30.1 Å². The van der Waals surface area contributed by atoms with Crippen LogP contribution in [0.5, 0.6) is 0 Å². The molecule has 1 saturated heterocycles. The Balaban J connectivity index is 0.00000200. The van der Waals surface area contributed by atoms with Crippen LogP contribution >= 0.6 is 24.2 Å². The van der Waals surface area contributed by atoms with Crippen molar-refractivity contribution in [1.29, 1.82) is 0 Å². The summed E-state index contributed by atoms with van der Waals surface area (Å²) in [5, 5.41) is 0. The zero-order chi connectivity index (χ0) is 13.8. The monoisotopic (exact) mass is 314 g/mol. The van der Waals surface area contributed by atoms with Gasteiger partial charge in [-0.2, -0.15) is 0 Å². The largest absolute Gasteiger partial charge is 0.334 e. The van der Waals surface area contributed by atoms with Gasteiger partial charge in [0.25, 0.3) is 5.91 Å². The minimum atomic E-state index is 0. The van der Waals surface area contributed by atoms with Crippen LogP contribution in [-0.4, -0.2) is 36.2 Å². The third-order valence-electron chi connectivity index (χ3n) is 3.85. The Bertz CT molecular complexity index is 438. The number of halogens is 1. The molecule has 112 valence electrons. The highest BCUT2D eigenvalue weighted by molar-refractivity contribution is 7.98. The van der Waals surface area contributed by atoms with Crippen molar-refractivity contribution in [3.63, 3.8) is 0 Å². The van der Waals surface area contributed by atoms with Crippen LogP contribution in [0.15, 0.2) is 29.2 Å². The first kappa shape index (κ1) is 17.3. The van der Waals surface area contributed by atoms with Crippen molar-refractivity contribution in [1.82, 2.24) is 4.90 Å². The summed E-state index contributed by atoms with van der Waals surface area (Å²) in [4.78, 5) is 15.7. The van der Waals surface area contributed by atoms with E-state index in [0.29, 0.717) is 12.5 Å². The Kier molecular flexibility index (Phi) is 6.86. The second-order valence-corrected chi connectivity index (χ2v) is 6.13. The molecule has 1 fully saturated rings. The number of amides is 1. The number of hydrogen-bond acceptors (Lipinski definition) is 3. The molecular weight excluding hydrogens is 292 g/mol. The van der Waals surface area contributed by atoms with Gasteiger partial charge >= 0.3 is 0 Å². The van der Waals surface area contributed by atoms with Gasteiger partial charge in [0.2, 0.25) is 0 Å². The topological polar surface area (TPSA) is 46.3 Å². The maximum atomic E-state index is 12.5. The van der Waals surface area contributed by atoms with Crippen molar-refractivity contribution in [2.45, 2.75) is 30.7 Å². The highest BCUT2D eigenvalue weighted by Crippen LogP contribution is 2.24. The van der Waals surface area contributed by atoms with Gasteiger partial charge in [-0.15, -0.1) is 24.2 Å². The van der Waals surface area contributed by atoms with Gasteiger partial charge in [0.05, 0.1) is 0 Å². The van der Waals surface area contributed by atoms with Crippen molar-refractivity contribution < 1.29 is 4.79 Å². The zero-order valence-electron chi connectivity index (χ0n) is 12.0. The molecule has 0 aliphatic carbocycles. The third-order valence-corrected chi connectivity index (χ3v) is 4.59. The van der Waals surface area contributed by atoms with E-state index in [0.717, 1.165) is 24.9 Å². The molecule has 1 amide bonds. The lowest BCUT2D eigenvalue weighted by atomic mass is 9.92. The summed E-state index contributed by atoms with van der Waals surface area (Å²) in [7, 11) is 0. The molecule has 2 N–H and O–H groups in total. The molecule has 1 aromatic carbocycles. The molecule has 0 aromatic heterocycles. The average molecular weight is 315 g/mol. The summed E-state index contributed by atoms with van der Waals surface area (Å²) in [6, 6.07) is 8.03. The van der Waals surface area contributed by atoms with E-state index in [1.807, 2.05) is 35.4 Å². The Morgan fingerprint density at radius 1 is 1.40 bits per heavy atom. The minimum absolute atomic E-state index is 0. The maximum Gasteiger partial charge on any atom is 0.254 e. The summed E-state index contributed by atoms with van der Waals surface area (Å²) < 4.78 is 0. The quantitative estimate of drug-likeness (QED) is 0.872. The van der Waals surface area contributed by atoms with E-state index in [9.17, 15) is 4.79 Å². The molecule has 1 aromatic rings. The fourth-order valence-corrected chi connectivity index (χ4v) is 3.05. The van der Waals surface area contributed by atoms with E-state index in [1.165, 1.54) is 4.90 Å². The van der Waals surface area contributed by atoms with Crippen LogP contribution in [0.2, 0.25) is 0 Å². The number of hydrogen-bond donors (Lipinski definition) is 1. The lowest BCUT2D eigenvalue weighted by Gasteiger charge is -2.38. The highest BCUT2D eigenvalue weighted by Gasteiger charge is 2.29. The molecular formula is C15H23ClN2OS. The summed E-state index contributed by atoms with van der Waals surface area (Å²) >= 11 is 1.69. The maximum absolute atomic E-state index is 12.5. The molecule has 5 heteroatoms. The van der Waals surface area contributed by atoms with Crippen LogP contribution in [-0.2, 0) is 0 Å². The zero-order valence-corrected chi connectivity index (χ0v) is 13.7. The van der Waals surface area contributed by atoms with Gasteiger partial charge in [-0.25, -0.2) is 0 Å². The van der Waals surface area contributed by atoms with Crippen molar-refractivity contribution in [3.05, 3.63) is 29.8 Å². The molecule has 0 bridgehead atoms. The normalized spacial score (nSPS) is 22.2. The van der Waals surface area contributed by atoms with Gasteiger partial charge in [-0.1, -0.05) is 6.92 Å². The second kappa shape index (κ2) is 7.91. The van der Waals surface area contributed by atoms with Crippen molar-refractivity contribution in [2.75, 3.05) is 19.3 Å². The molecule has 1 aliphatic heterocycles. The number of carbonyl (C=O) groups excluding carboxylic acids is 1. The predicted octanol–water partition coefficient (Wildman–Crippen LogP) is 3.03. The number of thioether (sulfide) groups is 1. The van der Waals surface area contributed by atoms with Crippen molar-refractivity contribution >= 4 is 30.1 Å². The van der Waals surface area contributed by atoms with E-state index in [4.69, 9.17) is 5.73 Å². The molecule has 2 atom stereocenters. The standard InChI is InChI=1S/C15H22N2OS.ClH/c1-11-7-8-17(13(9-11)10-16)15(18)12-3-5-14(19-2)6-4-12;/h3-6,11,13H,7-10,16H2,1-2H3;1H. The van der Waals surface area contributed by atoms with Crippen LogP contribution in [0.25, 0.3) is 0 Å². The molecule has 2 rings (SSSR count). The predicted molar refractivity (Wildman–Crippen MR) is 87.7 cm³/mol. The molecule has 1 heterocycles. The highest BCUT2D eigenvalue weighted by atomic mass is 35.5. The summed E-state index contributed by atoms with van der Waals surface area (Å²) in [5.74, 6) is 0.784. The Labute approximate surface area is 131 Å². The van der Waals surface area contributed by atoms with Gasteiger partial charge in [0.1, 0.15) is 0 Å². The van der Waals surface area contributed by atoms with Crippen molar-refractivity contribution in [2.24, 2.45) is 11.7 Å². The first-order chi connectivity index (χ1) is 9.15. The molecule has 3 nitrogen and oxygen atoms in total. The number of carbonyl (C=O) groups is 1. The lowest BCUT2D eigenvalue weighted by molar-refractivity contribution is 0.0573. The molecule has 0 saturated carbocycles. The number of likely N-dealkylation sites (tertiary alicyclic amines) is 1. The van der Waals surface area contributed by atoms with E-state index in [-0.39, 0.29) is 24.4 Å². The Morgan fingerprint density at radius 3 is 2.60 bits per heavy atom. The average Bonchev–Trinajstić information content (AvgIpc) is 2.46. The fourth-order valence-electron chi connectivity index (χ4n) is 2.64. The molecule has 20 heavy (non-hydrogen) atoms. The molecule has 0 radical (unpaired) electrons. The fraction of sp³-hybridized carbons (Fsp3) is 0.533. The Hall–Kier alpha value is -0.710. The molecule has 0 spiro atoms. The first-order valence-electron chi connectivity index (χ1n) is 6.80. The smallest absolute Gasteiger partial charge is 0.254 e. The SMILES string of the molecule is CSc1ccc(C(=O)N2CCC(C)CC2CN)cc1.Cl. The van der Waals surface area contributed by atoms with E-state index >= 15 is 0 Å². The number of rotatable bonds is 3. The van der Waals surface area contributed by atoms with Gasteiger partial charge in [0.15, 0.2) is 0 Å². The number of piperidine rings is 1. The van der Waals surface area contributed by atoms with E-state index in [2.05, 4.69) is 6.92 Å². The van der Waals surface area contributed by atoms with Crippen LogP contribution < -0.4 is 5.73 Å². The van der Waals surface area contributed by atoms with Crippen LogP contribution in [0, 0.1) is 5.92 Å². The number of benzene rings is 1. The minimum Gasteiger partial charge on any atom is -0.334 e. The van der Waals surface area contributed by atoms with Gasteiger partial charge in [-0.05, 0) is 49.3 Å².